The van der Waals surface area contributed by atoms with Crippen LogP contribution in [0.2, 0.25) is 0 Å². The summed E-state index contributed by atoms with van der Waals surface area (Å²) in [6, 6.07) is 5.26. The zero-order chi connectivity index (χ0) is 15.7. The summed E-state index contributed by atoms with van der Waals surface area (Å²) in [6.45, 7) is 7.02. The minimum Gasteiger partial charge on any atom is -0.396 e. The fraction of sp³-hybridized carbons (Fsp3) is 0.125. The molecule has 0 radical (unpaired) electrons. The van der Waals surface area contributed by atoms with E-state index < -0.39 is 23.1 Å². The van der Waals surface area contributed by atoms with E-state index >= 15 is 0 Å². The molecule has 0 amide bonds. The molecule has 0 aliphatic rings. The Balaban J connectivity index is 2.42. The van der Waals surface area contributed by atoms with E-state index in [9.17, 15) is 13.2 Å². The van der Waals surface area contributed by atoms with Crippen LogP contribution in [0.3, 0.4) is 0 Å². The number of nitrogen functional groups attached to an aromatic ring is 1. The van der Waals surface area contributed by atoms with Gasteiger partial charge in [-0.15, -0.1) is 0 Å². The van der Waals surface area contributed by atoms with E-state index in [0.717, 1.165) is 12.1 Å². The zero-order valence-electron chi connectivity index (χ0n) is 11.7. The molecule has 21 heavy (non-hydrogen) atoms. The van der Waals surface area contributed by atoms with Crippen molar-refractivity contribution < 1.29 is 13.2 Å². The monoisotopic (exact) mass is 292 g/mol. The van der Waals surface area contributed by atoms with Crippen LogP contribution in [0.15, 0.2) is 30.8 Å². The number of rotatable bonds is 3. The molecule has 0 saturated heterocycles. The normalized spacial score (nSPS) is 10.5. The van der Waals surface area contributed by atoms with E-state index in [4.69, 9.17) is 5.73 Å². The maximum Gasteiger partial charge on any atom is 0.172 e. The van der Waals surface area contributed by atoms with Crippen LogP contribution in [-0.4, -0.2) is 0 Å². The minimum atomic E-state index is -0.901. The molecule has 5 heteroatoms. The van der Waals surface area contributed by atoms with Crippen molar-refractivity contribution in [1.82, 2.24) is 0 Å². The average molecular weight is 292 g/mol. The highest BCUT2D eigenvalue weighted by atomic mass is 19.1. The number of hydrogen-bond acceptors (Lipinski definition) is 2. The van der Waals surface area contributed by atoms with Gasteiger partial charge in [0.05, 0.1) is 5.69 Å². The van der Waals surface area contributed by atoms with Gasteiger partial charge in [-0.1, -0.05) is 6.58 Å². The molecule has 0 unspecified atom stereocenters. The van der Waals surface area contributed by atoms with Crippen LogP contribution in [-0.2, 0) is 0 Å². The molecule has 0 aliphatic heterocycles. The Labute approximate surface area is 121 Å². The van der Waals surface area contributed by atoms with Crippen molar-refractivity contribution in [2.24, 2.45) is 0 Å². The van der Waals surface area contributed by atoms with Gasteiger partial charge in [-0.25, -0.2) is 13.2 Å². The van der Waals surface area contributed by atoms with Gasteiger partial charge < -0.3 is 11.1 Å². The van der Waals surface area contributed by atoms with Gasteiger partial charge in [0, 0.05) is 11.3 Å². The van der Waals surface area contributed by atoms with E-state index in [1.54, 1.807) is 19.9 Å². The highest BCUT2D eigenvalue weighted by Gasteiger charge is 2.15. The molecule has 2 nitrogen and oxygen atoms in total. The van der Waals surface area contributed by atoms with Gasteiger partial charge in [0.1, 0.15) is 17.3 Å². The predicted molar refractivity (Wildman–Crippen MR) is 79.3 cm³/mol. The Hall–Kier alpha value is -2.43. The first-order valence-electron chi connectivity index (χ1n) is 6.27. The van der Waals surface area contributed by atoms with Gasteiger partial charge in [-0.3, -0.25) is 0 Å². The molecular weight excluding hydrogens is 277 g/mol. The number of nitrogens with two attached hydrogens (primary N) is 1. The third kappa shape index (κ3) is 2.86. The number of hydrogen-bond donors (Lipinski definition) is 2. The van der Waals surface area contributed by atoms with Crippen molar-refractivity contribution in [2.75, 3.05) is 11.1 Å². The number of nitrogens with one attached hydrogen (secondary N) is 1. The smallest absolute Gasteiger partial charge is 0.172 e. The Bertz CT molecular complexity index is 724. The highest BCUT2D eigenvalue weighted by Crippen LogP contribution is 2.28. The molecule has 0 fully saturated rings. The molecular formula is C16H15F3N2. The van der Waals surface area contributed by atoms with Crippen LogP contribution < -0.4 is 11.1 Å². The lowest BCUT2D eigenvalue weighted by Gasteiger charge is -2.15. The minimum absolute atomic E-state index is 0.182. The molecule has 110 valence electrons. The molecule has 2 aromatic rings. The molecule has 2 rings (SSSR count). The van der Waals surface area contributed by atoms with Gasteiger partial charge in [0.25, 0.3) is 0 Å². The molecule has 0 heterocycles. The van der Waals surface area contributed by atoms with Crippen molar-refractivity contribution in [3.63, 3.8) is 0 Å². The van der Waals surface area contributed by atoms with Crippen molar-refractivity contribution >= 4 is 17.1 Å². The van der Waals surface area contributed by atoms with E-state index in [-0.39, 0.29) is 11.4 Å². The largest absolute Gasteiger partial charge is 0.396 e. The van der Waals surface area contributed by atoms with E-state index in [1.165, 1.54) is 6.07 Å². The van der Waals surface area contributed by atoms with Crippen molar-refractivity contribution in [3.8, 4) is 0 Å². The van der Waals surface area contributed by atoms with Crippen LogP contribution in [0.1, 0.15) is 16.7 Å². The Morgan fingerprint density at radius 1 is 1.10 bits per heavy atom. The Kier molecular flexibility index (Phi) is 3.93. The van der Waals surface area contributed by atoms with E-state index in [1.807, 2.05) is 0 Å². The second-order valence-electron chi connectivity index (χ2n) is 4.85. The third-order valence-electron chi connectivity index (χ3n) is 3.21. The first-order valence-corrected chi connectivity index (χ1v) is 6.27. The lowest BCUT2D eigenvalue weighted by atomic mass is 10.0. The topological polar surface area (TPSA) is 38.0 Å². The molecule has 3 N–H and O–H groups in total. The Morgan fingerprint density at radius 3 is 2.43 bits per heavy atom. The van der Waals surface area contributed by atoms with Crippen LogP contribution >= 0.6 is 0 Å². The van der Waals surface area contributed by atoms with Crippen molar-refractivity contribution in [3.05, 3.63) is 65.0 Å². The van der Waals surface area contributed by atoms with Gasteiger partial charge in [0.2, 0.25) is 0 Å². The fourth-order valence-electron chi connectivity index (χ4n) is 2.03. The first kappa shape index (κ1) is 15.0. The first-order chi connectivity index (χ1) is 9.81. The Morgan fingerprint density at radius 2 is 1.76 bits per heavy atom. The quantitative estimate of drug-likeness (QED) is 0.824. The molecule has 0 aliphatic carbocycles. The maximum absolute atomic E-state index is 13.9. The number of aryl methyl sites for hydroxylation is 1. The predicted octanol–water partition coefficient (Wildman–Crippen LogP) is 4.39. The standard InChI is InChI=1S/C16H15F3N2/c1-8-6-11(9(2)13(18)7-8)10(3)21-16-12(17)4-5-14(20)15(16)19/h4-7,21H,3,20H2,1-2H3. The van der Waals surface area contributed by atoms with Gasteiger partial charge >= 0.3 is 0 Å². The molecule has 2 aromatic carbocycles. The molecule has 0 saturated carbocycles. The summed E-state index contributed by atoms with van der Waals surface area (Å²) in [5.74, 6) is -2.10. The summed E-state index contributed by atoms with van der Waals surface area (Å²) >= 11 is 0. The average Bonchev–Trinajstić information content (AvgIpc) is 2.43. The number of benzene rings is 2. The van der Waals surface area contributed by atoms with Crippen LogP contribution in [0, 0.1) is 31.3 Å². The number of halogens is 3. The maximum atomic E-state index is 13.9. The zero-order valence-corrected chi connectivity index (χ0v) is 11.7. The number of anilines is 2. The SMILES string of the molecule is C=C(Nc1c(F)ccc(N)c1F)c1cc(C)cc(F)c1C. The summed E-state index contributed by atoms with van der Waals surface area (Å²) in [6.07, 6.45) is 0. The summed E-state index contributed by atoms with van der Waals surface area (Å²) in [4.78, 5) is 0. The van der Waals surface area contributed by atoms with E-state index in [0.29, 0.717) is 16.7 Å². The lowest BCUT2D eigenvalue weighted by molar-refractivity contribution is 0.594. The van der Waals surface area contributed by atoms with Crippen LogP contribution in [0.4, 0.5) is 24.5 Å². The summed E-state index contributed by atoms with van der Waals surface area (Å²) in [5, 5.41) is 2.54. The van der Waals surface area contributed by atoms with Gasteiger partial charge in [-0.2, -0.15) is 0 Å². The van der Waals surface area contributed by atoms with Gasteiger partial charge in [-0.05, 0) is 49.2 Å². The summed E-state index contributed by atoms with van der Waals surface area (Å²) in [5.41, 5.74) is 6.51. The third-order valence-corrected chi connectivity index (χ3v) is 3.21. The molecule has 0 spiro atoms. The van der Waals surface area contributed by atoms with Crippen molar-refractivity contribution in [1.29, 1.82) is 0 Å². The fourth-order valence-corrected chi connectivity index (χ4v) is 2.03. The van der Waals surface area contributed by atoms with Crippen LogP contribution in [0.25, 0.3) is 5.70 Å². The lowest BCUT2D eigenvalue weighted by Crippen LogP contribution is -2.06. The second-order valence-corrected chi connectivity index (χ2v) is 4.85. The molecule has 0 bridgehead atoms. The summed E-state index contributed by atoms with van der Waals surface area (Å²) in [7, 11) is 0. The second kappa shape index (κ2) is 5.52. The van der Waals surface area contributed by atoms with Gasteiger partial charge in [0.15, 0.2) is 5.82 Å². The highest BCUT2D eigenvalue weighted by molar-refractivity contribution is 5.78. The van der Waals surface area contributed by atoms with E-state index in [2.05, 4.69) is 11.9 Å². The van der Waals surface area contributed by atoms with Crippen LogP contribution in [0.5, 0.6) is 0 Å². The summed E-state index contributed by atoms with van der Waals surface area (Å²) < 4.78 is 41.3. The molecule has 0 atom stereocenters. The molecule has 0 aromatic heterocycles. The van der Waals surface area contributed by atoms with Crippen molar-refractivity contribution in [2.45, 2.75) is 13.8 Å².